The normalized spacial score (nSPS) is 18.3. The molecule has 1 aliphatic rings. The van der Waals surface area contributed by atoms with Crippen LogP contribution in [0.15, 0.2) is 0 Å². The van der Waals surface area contributed by atoms with E-state index in [0.717, 1.165) is 38.5 Å². The molecule has 0 radical (unpaired) electrons. The first kappa shape index (κ1) is 12.6. The van der Waals surface area contributed by atoms with Gasteiger partial charge in [0.2, 0.25) is 0 Å². The highest BCUT2D eigenvalue weighted by Gasteiger charge is 2.20. The Hall–Kier alpha value is -0.420. The molecule has 0 saturated carbocycles. The molecule has 1 N–H and O–H groups in total. The molecule has 2 amide bonds. The molecular weight excluding hydrogens is 210 g/mol. The van der Waals surface area contributed by atoms with Crippen LogP contribution >= 0.6 is 12.6 Å². The Morgan fingerprint density at radius 1 is 1.33 bits per heavy atom. The van der Waals surface area contributed by atoms with Gasteiger partial charge in [-0.2, -0.15) is 12.6 Å². The molecular formula is C10H21N3OS. The van der Waals surface area contributed by atoms with Crippen LogP contribution in [0, 0.1) is 0 Å². The molecule has 0 aromatic carbocycles. The smallest absolute Gasteiger partial charge is 0.317 e. The number of piperazine rings is 1. The molecule has 15 heavy (non-hydrogen) atoms. The molecule has 1 saturated heterocycles. The highest BCUT2D eigenvalue weighted by Crippen LogP contribution is 2.02. The minimum absolute atomic E-state index is 0.0653. The number of amides is 2. The lowest BCUT2D eigenvalue weighted by atomic mass is 10.3. The second kappa shape index (κ2) is 6.23. The van der Waals surface area contributed by atoms with E-state index in [9.17, 15) is 4.79 Å². The quantitative estimate of drug-likeness (QED) is 0.700. The number of rotatable bonds is 3. The zero-order chi connectivity index (χ0) is 11.3. The largest absolute Gasteiger partial charge is 0.336 e. The van der Waals surface area contributed by atoms with Gasteiger partial charge in [-0.25, -0.2) is 4.79 Å². The van der Waals surface area contributed by atoms with Crippen molar-refractivity contribution in [1.82, 2.24) is 15.1 Å². The van der Waals surface area contributed by atoms with E-state index in [1.54, 1.807) is 0 Å². The lowest BCUT2D eigenvalue weighted by molar-refractivity contribution is 0.142. The summed E-state index contributed by atoms with van der Waals surface area (Å²) in [5, 5.41) is 2.91. The Labute approximate surface area is 97.4 Å². The van der Waals surface area contributed by atoms with Gasteiger partial charge < -0.3 is 10.2 Å². The van der Waals surface area contributed by atoms with Crippen molar-refractivity contribution < 1.29 is 4.79 Å². The molecule has 4 nitrogen and oxygen atoms in total. The number of hydrogen-bond acceptors (Lipinski definition) is 3. The topological polar surface area (TPSA) is 35.6 Å². The molecule has 0 aliphatic carbocycles. The zero-order valence-electron chi connectivity index (χ0n) is 9.57. The number of nitrogens with zero attached hydrogens (tertiary/aromatic N) is 2. The molecule has 0 atom stereocenters. The van der Waals surface area contributed by atoms with Crippen LogP contribution < -0.4 is 5.32 Å². The molecule has 5 heteroatoms. The molecule has 0 bridgehead atoms. The first-order valence-electron chi connectivity index (χ1n) is 5.52. The van der Waals surface area contributed by atoms with Gasteiger partial charge in [-0.15, -0.1) is 0 Å². The summed E-state index contributed by atoms with van der Waals surface area (Å²) >= 11 is 4.20. The van der Waals surface area contributed by atoms with E-state index < -0.39 is 0 Å². The summed E-state index contributed by atoms with van der Waals surface area (Å²) in [5.74, 6) is 0.887. The predicted octanol–water partition coefficient (Wildman–Crippen LogP) is 0.652. The van der Waals surface area contributed by atoms with E-state index in [2.05, 4.69) is 22.8 Å². The highest BCUT2D eigenvalue weighted by molar-refractivity contribution is 7.80. The molecule has 0 spiro atoms. The lowest BCUT2D eigenvalue weighted by Crippen LogP contribution is -2.53. The summed E-state index contributed by atoms with van der Waals surface area (Å²) in [4.78, 5) is 15.9. The number of carbonyl (C=O) groups is 1. The summed E-state index contributed by atoms with van der Waals surface area (Å²) in [7, 11) is 0. The van der Waals surface area contributed by atoms with Crippen molar-refractivity contribution in [1.29, 1.82) is 0 Å². The van der Waals surface area contributed by atoms with E-state index in [1.165, 1.54) is 0 Å². The third kappa shape index (κ3) is 4.30. The first-order chi connectivity index (χ1) is 7.13. The zero-order valence-corrected chi connectivity index (χ0v) is 10.5. The number of hydrogen-bond donors (Lipinski definition) is 2. The van der Waals surface area contributed by atoms with Gasteiger partial charge >= 0.3 is 6.03 Å². The summed E-state index contributed by atoms with van der Waals surface area (Å²) < 4.78 is 0. The Kier molecular flexibility index (Phi) is 5.25. The number of thiol groups is 1. The fourth-order valence-corrected chi connectivity index (χ4v) is 1.94. The third-order valence-corrected chi connectivity index (χ3v) is 2.69. The van der Waals surface area contributed by atoms with E-state index in [0.29, 0.717) is 0 Å². The van der Waals surface area contributed by atoms with Crippen LogP contribution in [0.3, 0.4) is 0 Å². The van der Waals surface area contributed by atoms with Crippen molar-refractivity contribution in [3.8, 4) is 0 Å². The molecule has 1 heterocycles. The van der Waals surface area contributed by atoms with Crippen LogP contribution in [0.1, 0.15) is 13.8 Å². The van der Waals surface area contributed by atoms with Crippen LogP contribution in [0.5, 0.6) is 0 Å². The summed E-state index contributed by atoms with van der Waals surface area (Å²) in [5.41, 5.74) is 0. The van der Waals surface area contributed by atoms with E-state index >= 15 is 0 Å². The van der Waals surface area contributed by atoms with E-state index in [-0.39, 0.29) is 12.1 Å². The van der Waals surface area contributed by atoms with Crippen LogP contribution in [-0.4, -0.2) is 60.3 Å². The average Bonchev–Trinajstić information content (AvgIpc) is 2.18. The maximum Gasteiger partial charge on any atom is 0.317 e. The van der Waals surface area contributed by atoms with Crippen LogP contribution in [0.2, 0.25) is 0 Å². The minimum atomic E-state index is 0.0653. The Morgan fingerprint density at radius 2 is 1.93 bits per heavy atom. The average molecular weight is 231 g/mol. The number of carbonyl (C=O) groups excluding carboxylic acids is 1. The van der Waals surface area contributed by atoms with Crippen molar-refractivity contribution in [3.63, 3.8) is 0 Å². The molecule has 88 valence electrons. The molecule has 1 rings (SSSR count). The molecule has 0 unspecified atom stereocenters. The molecule has 1 fully saturated rings. The van der Waals surface area contributed by atoms with Crippen LogP contribution in [0.4, 0.5) is 4.79 Å². The monoisotopic (exact) mass is 231 g/mol. The highest BCUT2D eigenvalue weighted by atomic mass is 32.1. The third-order valence-electron chi connectivity index (χ3n) is 2.49. The van der Waals surface area contributed by atoms with Gasteiger partial charge in [0.15, 0.2) is 0 Å². The maximum atomic E-state index is 11.7. The van der Waals surface area contributed by atoms with Crippen molar-refractivity contribution in [2.24, 2.45) is 0 Å². The predicted molar refractivity (Wildman–Crippen MR) is 65.5 cm³/mol. The standard InChI is InChI=1S/C10H21N3OS/c1-9(2)11-10(14)13-5-3-12(4-6-13)7-8-15/h9,15H,3-8H2,1-2H3,(H,11,14). The Balaban J connectivity index is 2.27. The van der Waals surface area contributed by atoms with Crippen molar-refractivity contribution in [3.05, 3.63) is 0 Å². The van der Waals surface area contributed by atoms with Crippen LogP contribution in [-0.2, 0) is 0 Å². The molecule has 0 aromatic rings. The first-order valence-corrected chi connectivity index (χ1v) is 6.15. The summed E-state index contributed by atoms with van der Waals surface area (Å²) in [6.45, 7) is 8.56. The Bertz CT molecular complexity index is 203. The second-order valence-corrected chi connectivity index (χ2v) is 4.60. The summed E-state index contributed by atoms with van der Waals surface area (Å²) in [6, 6.07) is 0.281. The van der Waals surface area contributed by atoms with Gasteiger partial charge in [0.1, 0.15) is 0 Å². The van der Waals surface area contributed by atoms with Gasteiger partial charge in [0, 0.05) is 44.5 Å². The van der Waals surface area contributed by atoms with E-state index in [4.69, 9.17) is 0 Å². The fourth-order valence-electron chi connectivity index (χ4n) is 1.65. The van der Waals surface area contributed by atoms with Gasteiger partial charge in [-0.1, -0.05) is 0 Å². The number of nitrogens with one attached hydrogen (secondary N) is 1. The van der Waals surface area contributed by atoms with Crippen LogP contribution in [0.25, 0.3) is 0 Å². The maximum absolute atomic E-state index is 11.7. The van der Waals surface area contributed by atoms with Crippen molar-refractivity contribution in [2.45, 2.75) is 19.9 Å². The SMILES string of the molecule is CC(C)NC(=O)N1CCN(CCS)CC1. The summed E-state index contributed by atoms with van der Waals surface area (Å²) in [6.07, 6.45) is 0. The number of urea groups is 1. The van der Waals surface area contributed by atoms with Gasteiger partial charge in [0.25, 0.3) is 0 Å². The second-order valence-electron chi connectivity index (χ2n) is 4.16. The van der Waals surface area contributed by atoms with Gasteiger partial charge in [-0.3, -0.25) is 4.90 Å². The van der Waals surface area contributed by atoms with Gasteiger partial charge in [-0.05, 0) is 13.8 Å². The van der Waals surface area contributed by atoms with Gasteiger partial charge in [0.05, 0.1) is 0 Å². The molecule has 1 aliphatic heterocycles. The fraction of sp³-hybridized carbons (Fsp3) is 0.900. The lowest BCUT2D eigenvalue weighted by Gasteiger charge is -2.34. The Morgan fingerprint density at radius 3 is 2.40 bits per heavy atom. The van der Waals surface area contributed by atoms with Crippen molar-refractivity contribution >= 4 is 18.7 Å². The minimum Gasteiger partial charge on any atom is -0.336 e. The van der Waals surface area contributed by atoms with E-state index in [1.807, 2.05) is 18.7 Å². The molecule has 0 aromatic heterocycles. The van der Waals surface area contributed by atoms with Crippen molar-refractivity contribution in [2.75, 3.05) is 38.5 Å².